The zero-order chi connectivity index (χ0) is 23.1. The highest BCUT2D eigenvalue weighted by Gasteiger charge is 2.09. The van der Waals surface area contributed by atoms with E-state index in [9.17, 15) is 0 Å². The van der Waals surface area contributed by atoms with Crippen LogP contribution in [-0.4, -0.2) is 0 Å². The molecule has 1 heteroatoms. The Morgan fingerprint density at radius 3 is 1.91 bits per heavy atom. The Hall–Kier alpha value is -3.16. The summed E-state index contributed by atoms with van der Waals surface area (Å²) in [6, 6.07) is 32.4. The van der Waals surface area contributed by atoms with E-state index in [0.717, 1.165) is 0 Å². The highest BCUT2D eigenvalue weighted by Crippen LogP contribution is 2.39. The van der Waals surface area contributed by atoms with Crippen LogP contribution in [0.5, 0.6) is 0 Å². The third kappa shape index (κ3) is 3.99. The van der Waals surface area contributed by atoms with Gasteiger partial charge in [0.15, 0.2) is 0 Å². The fraction of sp³-hybridized carbons (Fsp3) is 0.212. The summed E-state index contributed by atoms with van der Waals surface area (Å²) in [4.78, 5) is 0. The number of unbranched alkanes of at least 4 members (excludes halogenated alkanes) is 3. The van der Waals surface area contributed by atoms with Crippen molar-refractivity contribution >= 4 is 53.1 Å². The Balaban J connectivity index is 1.36. The van der Waals surface area contributed by atoms with Crippen LogP contribution < -0.4 is 0 Å². The van der Waals surface area contributed by atoms with E-state index in [-0.39, 0.29) is 0 Å². The Morgan fingerprint density at radius 1 is 0.559 bits per heavy atom. The molecule has 5 aromatic carbocycles. The van der Waals surface area contributed by atoms with Gasteiger partial charge in [0.25, 0.3) is 0 Å². The molecule has 0 saturated carbocycles. The third-order valence-electron chi connectivity index (χ3n) is 7.15. The highest BCUT2D eigenvalue weighted by molar-refractivity contribution is 7.26. The molecular weight excluding hydrogens is 428 g/mol. The molecule has 0 unspecified atom stereocenters. The average Bonchev–Trinajstić information content (AvgIpc) is 3.20. The van der Waals surface area contributed by atoms with Crippen molar-refractivity contribution in [2.75, 3.05) is 0 Å². The van der Waals surface area contributed by atoms with E-state index in [1.165, 1.54) is 96.1 Å². The second-order valence-corrected chi connectivity index (χ2v) is 10.8. The molecule has 0 aliphatic rings. The van der Waals surface area contributed by atoms with Crippen molar-refractivity contribution in [2.45, 2.75) is 46.0 Å². The van der Waals surface area contributed by atoms with Crippen molar-refractivity contribution in [1.29, 1.82) is 0 Å². The molecule has 0 aliphatic carbocycles. The molecule has 0 spiro atoms. The molecule has 1 aromatic heterocycles. The maximum Gasteiger partial charge on any atom is 0.0361 e. The molecule has 0 nitrogen and oxygen atoms in total. The van der Waals surface area contributed by atoms with Gasteiger partial charge in [-0.1, -0.05) is 86.3 Å². The van der Waals surface area contributed by atoms with Gasteiger partial charge in [0.05, 0.1) is 0 Å². The molecule has 0 N–H and O–H groups in total. The lowest BCUT2D eigenvalue weighted by Crippen LogP contribution is -1.86. The van der Waals surface area contributed by atoms with E-state index < -0.39 is 0 Å². The summed E-state index contributed by atoms with van der Waals surface area (Å²) in [7, 11) is 0. The van der Waals surface area contributed by atoms with Crippen molar-refractivity contribution < 1.29 is 0 Å². The maximum atomic E-state index is 2.39. The second kappa shape index (κ2) is 8.89. The maximum absolute atomic E-state index is 2.39. The van der Waals surface area contributed by atoms with Crippen LogP contribution in [0.25, 0.3) is 52.8 Å². The summed E-state index contributed by atoms with van der Waals surface area (Å²) in [5.74, 6) is 0. The number of hydrogen-bond acceptors (Lipinski definition) is 1. The predicted octanol–water partition coefficient (Wildman–Crippen LogP) is 10.5. The second-order valence-electron chi connectivity index (χ2n) is 9.72. The molecule has 0 amide bonds. The minimum absolute atomic E-state index is 1.19. The van der Waals surface area contributed by atoms with Crippen LogP contribution in [0.15, 0.2) is 84.9 Å². The van der Waals surface area contributed by atoms with E-state index in [1.54, 1.807) is 0 Å². The van der Waals surface area contributed by atoms with Crippen LogP contribution in [0.3, 0.4) is 0 Å². The molecule has 0 aliphatic heterocycles. The minimum Gasteiger partial charge on any atom is -0.135 e. The van der Waals surface area contributed by atoms with Crippen LogP contribution in [0.4, 0.5) is 0 Å². The van der Waals surface area contributed by atoms with Crippen LogP contribution in [0.2, 0.25) is 0 Å². The molecule has 1 heterocycles. The summed E-state index contributed by atoms with van der Waals surface area (Å²) < 4.78 is 2.74. The van der Waals surface area contributed by atoms with Gasteiger partial charge >= 0.3 is 0 Å². The smallest absolute Gasteiger partial charge is 0.0361 e. The first kappa shape index (κ1) is 21.4. The largest absolute Gasteiger partial charge is 0.135 e. The summed E-state index contributed by atoms with van der Waals surface area (Å²) in [6.07, 6.45) is 6.47. The van der Waals surface area contributed by atoms with Gasteiger partial charge in [-0.25, -0.2) is 0 Å². The number of benzene rings is 5. The molecule has 0 atom stereocenters. The molecule has 6 aromatic rings. The topological polar surface area (TPSA) is 0 Å². The zero-order valence-corrected chi connectivity index (χ0v) is 20.8. The van der Waals surface area contributed by atoms with Crippen molar-refractivity contribution in [3.05, 3.63) is 96.1 Å². The van der Waals surface area contributed by atoms with E-state index in [2.05, 4.69) is 98.8 Å². The molecule has 6 rings (SSSR count). The van der Waals surface area contributed by atoms with Crippen molar-refractivity contribution in [3.63, 3.8) is 0 Å². The van der Waals surface area contributed by atoms with Crippen LogP contribution in [0, 0.1) is 6.92 Å². The summed E-state index contributed by atoms with van der Waals surface area (Å²) in [5, 5.41) is 8.03. The summed E-state index contributed by atoms with van der Waals surface area (Å²) in [6.45, 7) is 4.44. The quantitative estimate of drug-likeness (QED) is 0.218. The molecular formula is C33H30S. The molecule has 0 bridgehead atoms. The van der Waals surface area contributed by atoms with Crippen molar-refractivity contribution in [1.82, 2.24) is 0 Å². The minimum atomic E-state index is 1.19. The molecule has 0 fully saturated rings. The first-order chi connectivity index (χ1) is 16.7. The van der Waals surface area contributed by atoms with Gasteiger partial charge in [-0.2, -0.15) is 0 Å². The van der Waals surface area contributed by atoms with Gasteiger partial charge in [-0.05, 0) is 88.3 Å². The van der Waals surface area contributed by atoms with Crippen LogP contribution in [-0.2, 0) is 6.42 Å². The van der Waals surface area contributed by atoms with Crippen LogP contribution in [0.1, 0.15) is 43.7 Å². The van der Waals surface area contributed by atoms with E-state index in [0.29, 0.717) is 0 Å². The normalized spacial score (nSPS) is 11.8. The van der Waals surface area contributed by atoms with Gasteiger partial charge < -0.3 is 0 Å². The predicted molar refractivity (Wildman–Crippen MR) is 152 cm³/mol. The SMILES string of the molecule is CCCCCCc1ccc(-c2ccc3cc4c(cc3c2)sc2cc3cc(C)ccc3cc24)cc1. The molecule has 34 heavy (non-hydrogen) atoms. The number of aryl methyl sites for hydroxylation is 2. The lowest BCUT2D eigenvalue weighted by atomic mass is 9.98. The molecule has 0 radical (unpaired) electrons. The Bertz CT molecular complexity index is 1630. The number of fused-ring (bicyclic) bond motifs is 5. The number of hydrogen-bond donors (Lipinski definition) is 0. The van der Waals surface area contributed by atoms with Crippen molar-refractivity contribution in [3.8, 4) is 11.1 Å². The molecule has 168 valence electrons. The monoisotopic (exact) mass is 458 g/mol. The van der Waals surface area contributed by atoms with E-state index in [4.69, 9.17) is 0 Å². The van der Waals surface area contributed by atoms with E-state index >= 15 is 0 Å². The Labute approximate surface area is 205 Å². The standard InChI is InChI=1S/C33H30S/c1-3-4-5-6-7-23-9-12-24(13-10-23)25-14-15-27-19-31-30-18-26-11-8-22(2)16-28(26)20-32(30)34-33(31)21-29(27)17-25/h8-21H,3-7H2,1-2H3. The first-order valence-corrected chi connectivity index (χ1v) is 13.4. The molecule has 0 saturated heterocycles. The van der Waals surface area contributed by atoms with Gasteiger partial charge in [-0.15, -0.1) is 11.3 Å². The zero-order valence-electron chi connectivity index (χ0n) is 20.0. The first-order valence-electron chi connectivity index (χ1n) is 12.6. The number of thiophene rings is 1. The van der Waals surface area contributed by atoms with Crippen molar-refractivity contribution in [2.24, 2.45) is 0 Å². The van der Waals surface area contributed by atoms with Gasteiger partial charge in [0.1, 0.15) is 0 Å². The highest BCUT2D eigenvalue weighted by atomic mass is 32.1. The lowest BCUT2D eigenvalue weighted by molar-refractivity contribution is 0.667. The van der Waals surface area contributed by atoms with Gasteiger partial charge in [0, 0.05) is 20.2 Å². The fourth-order valence-corrected chi connectivity index (χ4v) is 6.35. The Kier molecular flexibility index (Phi) is 5.59. The van der Waals surface area contributed by atoms with Gasteiger partial charge in [0.2, 0.25) is 0 Å². The van der Waals surface area contributed by atoms with Crippen LogP contribution >= 0.6 is 11.3 Å². The lowest BCUT2D eigenvalue weighted by Gasteiger charge is -2.07. The summed E-state index contributed by atoms with van der Waals surface area (Å²) >= 11 is 1.91. The van der Waals surface area contributed by atoms with E-state index in [1.807, 2.05) is 11.3 Å². The fourth-order valence-electron chi connectivity index (χ4n) is 5.18. The summed E-state index contributed by atoms with van der Waals surface area (Å²) in [5.41, 5.74) is 5.37. The Morgan fingerprint density at radius 2 is 1.21 bits per heavy atom. The number of rotatable bonds is 6. The average molecular weight is 459 g/mol. The third-order valence-corrected chi connectivity index (χ3v) is 8.26. The van der Waals surface area contributed by atoms with Gasteiger partial charge in [-0.3, -0.25) is 0 Å².